The van der Waals surface area contributed by atoms with Crippen LogP contribution in [0.1, 0.15) is 43.5 Å². The van der Waals surface area contributed by atoms with E-state index in [4.69, 9.17) is 9.72 Å². The van der Waals surface area contributed by atoms with Crippen LogP contribution in [0.3, 0.4) is 0 Å². The Labute approximate surface area is 223 Å². The van der Waals surface area contributed by atoms with Gasteiger partial charge in [-0.05, 0) is 55.7 Å². The Hall–Kier alpha value is -2.37. The van der Waals surface area contributed by atoms with Gasteiger partial charge in [-0.15, -0.1) is 0 Å². The van der Waals surface area contributed by atoms with Crippen molar-refractivity contribution < 1.29 is 17.9 Å². The van der Waals surface area contributed by atoms with E-state index >= 15 is 0 Å². The van der Waals surface area contributed by atoms with Gasteiger partial charge in [0.2, 0.25) is 10.0 Å². The molecule has 1 amide bonds. The maximum absolute atomic E-state index is 13.7. The molecular weight excluding hydrogens is 508 g/mol. The molecule has 0 aliphatic carbocycles. The highest BCUT2D eigenvalue weighted by Crippen LogP contribution is 2.30. The number of amides is 1. The molecule has 0 unspecified atom stereocenters. The number of nitrogens with zero attached hydrogens (tertiary/aromatic N) is 4. The summed E-state index contributed by atoms with van der Waals surface area (Å²) in [6.45, 7) is 9.57. The van der Waals surface area contributed by atoms with Gasteiger partial charge in [-0.3, -0.25) is 14.6 Å². The van der Waals surface area contributed by atoms with E-state index in [0.29, 0.717) is 30.3 Å². The summed E-state index contributed by atoms with van der Waals surface area (Å²) in [5.41, 5.74) is 1.31. The van der Waals surface area contributed by atoms with Crippen molar-refractivity contribution in [3.63, 3.8) is 0 Å². The normalized spacial score (nSPS) is 14.9. The number of aromatic nitrogens is 1. The van der Waals surface area contributed by atoms with Crippen LogP contribution in [-0.2, 0) is 14.8 Å². The van der Waals surface area contributed by atoms with Gasteiger partial charge in [0.25, 0.3) is 5.91 Å². The van der Waals surface area contributed by atoms with E-state index in [1.807, 2.05) is 38.1 Å². The van der Waals surface area contributed by atoms with Crippen molar-refractivity contribution in [1.29, 1.82) is 0 Å². The Balaban J connectivity index is 1.55. The van der Waals surface area contributed by atoms with Crippen LogP contribution in [0.4, 0.5) is 5.13 Å². The Morgan fingerprint density at radius 1 is 1.00 bits per heavy atom. The number of thiazole rings is 1. The van der Waals surface area contributed by atoms with Gasteiger partial charge in [0, 0.05) is 44.8 Å². The number of morpholine rings is 1. The number of para-hydroxylation sites is 1. The van der Waals surface area contributed by atoms with Crippen LogP contribution in [0.15, 0.2) is 53.4 Å². The fourth-order valence-corrected chi connectivity index (χ4v) is 7.08. The van der Waals surface area contributed by atoms with Crippen LogP contribution in [-0.4, -0.2) is 81.0 Å². The SMILES string of the molecule is CCCN(CCC)S(=O)(=O)c1ccc(C(=O)N(CCCN2CCOCC2)c2nc3ccccc3s2)cc1. The predicted octanol–water partition coefficient (Wildman–Crippen LogP) is 4.48. The molecule has 0 N–H and O–H groups in total. The zero-order chi connectivity index (χ0) is 26.3. The van der Waals surface area contributed by atoms with E-state index in [1.54, 1.807) is 29.2 Å². The number of benzene rings is 2. The van der Waals surface area contributed by atoms with Gasteiger partial charge in [0.05, 0.1) is 28.3 Å². The molecule has 1 aliphatic rings. The maximum Gasteiger partial charge on any atom is 0.260 e. The fraction of sp³-hybridized carbons (Fsp3) is 0.481. The molecule has 37 heavy (non-hydrogen) atoms. The number of anilines is 1. The first-order valence-corrected chi connectivity index (χ1v) is 15.3. The summed E-state index contributed by atoms with van der Waals surface area (Å²) >= 11 is 1.49. The average molecular weight is 545 g/mol. The Morgan fingerprint density at radius 2 is 1.68 bits per heavy atom. The first kappa shape index (κ1) is 27.7. The van der Waals surface area contributed by atoms with Crippen molar-refractivity contribution in [3.05, 3.63) is 54.1 Å². The second-order valence-corrected chi connectivity index (χ2v) is 12.1. The van der Waals surface area contributed by atoms with E-state index < -0.39 is 10.0 Å². The number of hydrogen-bond acceptors (Lipinski definition) is 7. The summed E-state index contributed by atoms with van der Waals surface area (Å²) in [6, 6.07) is 14.2. The minimum absolute atomic E-state index is 0.177. The van der Waals surface area contributed by atoms with E-state index in [1.165, 1.54) is 15.6 Å². The van der Waals surface area contributed by atoms with Crippen molar-refractivity contribution in [2.45, 2.75) is 38.0 Å². The topological polar surface area (TPSA) is 83.1 Å². The summed E-state index contributed by atoms with van der Waals surface area (Å²) in [6.07, 6.45) is 2.30. The van der Waals surface area contributed by atoms with E-state index in [-0.39, 0.29) is 10.8 Å². The lowest BCUT2D eigenvalue weighted by atomic mass is 10.2. The molecule has 0 saturated carbocycles. The van der Waals surface area contributed by atoms with Gasteiger partial charge in [0.1, 0.15) is 0 Å². The molecule has 1 aromatic heterocycles. The molecule has 2 aromatic carbocycles. The van der Waals surface area contributed by atoms with Crippen LogP contribution < -0.4 is 4.90 Å². The lowest BCUT2D eigenvalue weighted by molar-refractivity contribution is 0.0376. The largest absolute Gasteiger partial charge is 0.379 e. The molecule has 8 nitrogen and oxygen atoms in total. The standard InChI is InChI=1S/C27H36N4O4S2/c1-3-14-30(15-4-2)37(33,34)23-12-10-22(11-13-23)26(32)31(17-7-16-29-18-20-35-21-19-29)27-28-24-8-5-6-9-25(24)36-27/h5-6,8-13H,3-4,7,14-21H2,1-2H3. The first-order chi connectivity index (χ1) is 17.9. The molecule has 10 heteroatoms. The molecule has 0 radical (unpaired) electrons. The number of ether oxygens (including phenoxy) is 1. The molecule has 2 heterocycles. The van der Waals surface area contributed by atoms with E-state index in [9.17, 15) is 13.2 Å². The second-order valence-electron chi connectivity index (χ2n) is 9.16. The lowest BCUT2D eigenvalue weighted by Gasteiger charge is -2.27. The molecule has 1 fully saturated rings. The van der Waals surface area contributed by atoms with Gasteiger partial charge < -0.3 is 4.74 Å². The molecule has 200 valence electrons. The average Bonchev–Trinajstić information content (AvgIpc) is 3.35. The number of hydrogen-bond donors (Lipinski definition) is 0. The lowest BCUT2D eigenvalue weighted by Crippen LogP contribution is -2.39. The number of carbonyl (C=O) groups excluding carboxylic acids is 1. The monoisotopic (exact) mass is 544 g/mol. The van der Waals surface area contributed by atoms with Gasteiger partial charge in [-0.2, -0.15) is 4.31 Å². The highest BCUT2D eigenvalue weighted by Gasteiger charge is 2.25. The van der Waals surface area contributed by atoms with Gasteiger partial charge in [-0.1, -0.05) is 37.3 Å². The highest BCUT2D eigenvalue weighted by molar-refractivity contribution is 7.89. The fourth-order valence-electron chi connectivity index (χ4n) is 4.46. The van der Waals surface area contributed by atoms with Crippen molar-refractivity contribution in [2.75, 3.05) is 57.4 Å². The molecular formula is C27H36N4O4S2. The van der Waals surface area contributed by atoms with Gasteiger partial charge >= 0.3 is 0 Å². The Bertz CT molecular complexity index is 1230. The number of sulfonamides is 1. The van der Waals surface area contributed by atoms with Crippen molar-refractivity contribution in [2.24, 2.45) is 0 Å². The van der Waals surface area contributed by atoms with Gasteiger partial charge in [0.15, 0.2) is 5.13 Å². The predicted molar refractivity (Wildman–Crippen MR) is 149 cm³/mol. The number of rotatable bonds is 12. The van der Waals surface area contributed by atoms with Crippen LogP contribution in [0.2, 0.25) is 0 Å². The van der Waals surface area contributed by atoms with Crippen molar-refractivity contribution in [1.82, 2.24) is 14.2 Å². The number of carbonyl (C=O) groups is 1. The summed E-state index contributed by atoms with van der Waals surface area (Å²) in [7, 11) is -3.60. The maximum atomic E-state index is 13.7. The minimum atomic E-state index is -3.60. The minimum Gasteiger partial charge on any atom is -0.379 e. The molecule has 1 aliphatic heterocycles. The van der Waals surface area contributed by atoms with E-state index in [2.05, 4.69) is 4.90 Å². The summed E-state index contributed by atoms with van der Waals surface area (Å²) in [5.74, 6) is -0.177. The Kier molecular flexibility index (Phi) is 9.66. The van der Waals surface area contributed by atoms with Crippen molar-refractivity contribution in [3.8, 4) is 0 Å². The van der Waals surface area contributed by atoms with Crippen LogP contribution in [0, 0.1) is 0 Å². The third-order valence-electron chi connectivity index (χ3n) is 6.40. The van der Waals surface area contributed by atoms with Crippen LogP contribution >= 0.6 is 11.3 Å². The zero-order valence-electron chi connectivity index (χ0n) is 21.6. The summed E-state index contributed by atoms with van der Waals surface area (Å²) in [5, 5.41) is 0.655. The second kappa shape index (κ2) is 12.9. The zero-order valence-corrected chi connectivity index (χ0v) is 23.3. The Morgan fingerprint density at radius 3 is 2.32 bits per heavy atom. The van der Waals surface area contributed by atoms with Crippen molar-refractivity contribution >= 4 is 42.6 Å². The molecule has 4 rings (SSSR count). The highest BCUT2D eigenvalue weighted by atomic mass is 32.2. The summed E-state index contributed by atoms with van der Waals surface area (Å²) < 4.78 is 34.3. The quantitative estimate of drug-likeness (QED) is 0.335. The number of fused-ring (bicyclic) bond motifs is 1. The van der Waals surface area contributed by atoms with E-state index in [0.717, 1.165) is 62.3 Å². The molecule has 0 atom stereocenters. The van der Waals surface area contributed by atoms with Gasteiger partial charge in [-0.25, -0.2) is 13.4 Å². The smallest absolute Gasteiger partial charge is 0.260 e. The molecule has 0 bridgehead atoms. The first-order valence-electron chi connectivity index (χ1n) is 13.0. The summed E-state index contributed by atoms with van der Waals surface area (Å²) in [4.78, 5) is 22.7. The van der Waals surface area contributed by atoms with Crippen LogP contribution in [0.5, 0.6) is 0 Å². The third kappa shape index (κ3) is 6.74. The molecule has 3 aromatic rings. The molecule has 0 spiro atoms. The third-order valence-corrected chi connectivity index (χ3v) is 9.38. The van der Waals surface area contributed by atoms with Crippen LogP contribution in [0.25, 0.3) is 10.2 Å². The molecule has 1 saturated heterocycles.